The smallest absolute Gasteiger partial charge is 0.129 e. The molecular formula is C9H15N4P. The zero-order valence-corrected chi connectivity index (χ0v) is 9.13. The molecule has 1 fully saturated rings. The van der Waals surface area contributed by atoms with E-state index in [-0.39, 0.29) is 0 Å². The zero-order chi connectivity index (χ0) is 9.80. The monoisotopic (exact) mass is 210 g/mol. The molecule has 0 aliphatic heterocycles. The van der Waals surface area contributed by atoms with Gasteiger partial charge in [-0.05, 0) is 25.3 Å². The molecule has 14 heavy (non-hydrogen) atoms. The van der Waals surface area contributed by atoms with Gasteiger partial charge < -0.3 is 5.32 Å². The molecular weight excluding hydrogens is 195 g/mol. The maximum absolute atomic E-state index is 4.15. The molecule has 5 heteroatoms. The van der Waals surface area contributed by atoms with Crippen molar-refractivity contribution >= 4 is 15.2 Å². The van der Waals surface area contributed by atoms with E-state index in [0.29, 0.717) is 12.1 Å². The van der Waals surface area contributed by atoms with Crippen LogP contribution in [0.4, 0.5) is 5.82 Å². The molecule has 1 saturated carbocycles. The summed E-state index contributed by atoms with van der Waals surface area (Å²) < 4.78 is 0. The molecule has 0 spiro atoms. The van der Waals surface area contributed by atoms with Gasteiger partial charge in [-0.1, -0.05) is 9.39 Å². The van der Waals surface area contributed by atoms with Gasteiger partial charge >= 0.3 is 0 Å². The van der Waals surface area contributed by atoms with Crippen LogP contribution in [0.25, 0.3) is 0 Å². The second kappa shape index (κ2) is 4.67. The Balaban J connectivity index is 1.88. The topological polar surface area (TPSA) is 49.8 Å². The lowest BCUT2D eigenvalue weighted by atomic mass is 10.2. The van der Waals surface area contributed by atoms with Gasteiger partial charge in [0.05, 0.1) is 0 Å². The fourth-order valence-corrected chi connectivity index (χ4v) is 2.15. The van der Waals surface area contributed by atoms with Crippen LogP contribution in [0, 0.1) is 0 Å². The molecule has 2 rings (SSSR count). The molecule has 0 aromatic carbocycles. The fourth-order valence-electron chi connectivity index (χ4n) is 1.85. The summed E-state index contributed by atoms with van der Waals surface area (Å²) in [7, 11) is 2.59. The van der Waals surface area contributed by atoms with Gasteiger partial charge in [0.25, 0.3) is 0 Å². The third-order valence-corrected chi connectivity index (χ3v) is 3.07. The van der Waals surface area contributed by atoms with Gasteiger partial charge in [0.15, 0.2) is 0 Å². The molecule has 3 atom stereocenters. The molecule has 1 aliphatic carbocycles. The highest BCUT2D eigenvalue weighted by Gasteiger charge is 2.23. The predicted molar refractivity (Wildman–Crippen MR) is 59.9 cm³/mol. The van der Waals surface area contributed by atoms with Crippen molar-refractivity contribution < 1.29 is 0 Å². The molecule has 1 aliphatic rings. The van der Waals surface area contributed by atoms with Crippen molar-refractivity contribution in [2.24, 2.45) is 0 Å². The molecule has 1 heterocycles. The molecule has 0 radical (unpaired) electrons. The van der Waals surface area contributed by atoms with Gasteiger partial charge in [-0.25, -0.2) is 9.97 Å². The zero-order valence-electron chi connectivity index (χ0n) is 7.98. The summed E-state index contributed by atoms with van der Waals surface area (Å²) in [5.41, 5.74) is 0. The maximum Gasteiger partial charge on any atom is 0.129 e. The number of aromatic nitrogens is 2. The second-order valence-electron chi connectivity index (χ2n) is 3.61. The Morgan fingerprint density at radius 2 is 2.21 bits per heavy atom. The van der Waals surface area contributed by atoms with Gasteiger partial charge in [0.1, 0.15) is 12.1 Å². The average Bonchev–Trinajstić information content (AvgIpc) is 2.67. The molecule has 0 amide bonds. The maximum atomic E-state index is 4.15. The van der Waals surface area contributed by atoms with E-state index in [9.17, 15) is 0 Å². The molecule has 0 bridgehead atoms. The molecule has 4 nitrogen and oxygen atoms in total. The van der Waals surface area contributed by atoms with Crippen molar-refractivity contribution in [1.29, 1.82) is 0 Å². The van der Waals surface area contributed by atoms with Crippen molar-refractivity contribution in [3.05, 3.63) is 18.6 Å². The first-order valence-corrected chi connectivity index (χ1v) is 5.45. The number of nitrogens with one attached hydrogen (secondary N) is 2. The first-order valence-electron chi connectivity index (χ1n) is 4.87. The van der Waals surface area contributed by atoms with Crippen LogP contribution in [-0.2, 0) is 0 Å². The Bertz CT molecular complexity index is 279. The van der Waals surface area contributed by atoms with E-state index in [1.54, 1.807) is 12.5 Å². The number of rotatable bonds is 3. The molecule has 76 valence electrons. The van der Waals surface area contributed by atoms with Gasteiger partial charge in [-0.3, -0.25) is 5.09 Å². The summed E-state index contributed by atoms with van der Waals surface area (Å²) in [6, 6.07) is 3.07. The van der Waals surface area contributed by atoms with Crippen molar-refractivity contribution in [2.75, 3.05) is 5.32 Å². The van der Waals surface area contributed by atoms with E-state index >= 15 is 0 Å². The normalized spacial score (nSPS) is 26.4. The van der Waals surface area contributed by atoms with Crippen LogP contribution in [0.15, 0.2) is 18.6 Å². The summed E-state index contributed by atoms with van der Waals surface area (Å²) in [6.07, 6.45) is 6.92. The lowest BCUT2D eigenvalue weighted by Crippen LogP contribution is -2.21. The van der Waals surface area contributed by atoms with Gasteiger partial charge in [-0.15, -0.1) is 0 Å². The average molecular weight is 210 g/mol. The van der Waals surface area contributed by atoms with Crippen LogP contribution in [0.1, 0.15) is 19.3 Å². The third-order valence-electron chi connectivity index (χ3n) is 2.60. The van der Waals surface area contributed by atoms with E-state index < -0.39 is 0 Å². The third kappa shape index (κ3) is 2.40. The molecule has 1 aromatic rings. The van der Waals surface area contributed by atoms with E-state index in [1.807, 2.05) is 6.07 Å². The van der Waals surface area contributed by atoms with E-state index in [1.165, 1.54) is 12.8 Å². The van der Waals surface area contributed by atoms with E-state index in [0.717, 1.165) is 12.2 Å². The first-order chi connectivity index (χ1) is 6.88. The minimum atomic E-state index is 0.544. The van der Waals surface area contributed by atoms with Crippen molar-refractivity contribution in [1.82, 2.24) is 15.1 Å². The quantitative estimate of drug-likeness (QED) is 0.736. The number of hydrogen-bond donors (Lipinski definition) is 2. The Labute approximate surface area is 86.2 Å². The van der Waals surface area contributed by atoms with Crippen LogP contribution in [-0.4, -0.2) is 22.1 Å². The van der Waals surface area contributed by atoms with Gasteiger partial charge in [-0.2, -0.15) is 0 Å². The lowest BCUT2D eigenvalue weighted by molar-refractivity contribution is 0.646. The SMILES string of the molecule is PNC1CCC(Nc2ccncn2)C1. The standard InChI is InChI=1S/C9H15N4P/c14-13-8-2-1-7(5-8)12-9-3-4-10-6-11-9/h3-4,6-8,13H,1-2,5,14H2,(H,10,11,12). The molecule has 2 N–H and O–H groups in total. The summed E-state index contributed by atoms with van der Waals surface area (Å²) in [5, 5.41) is 6.63. The molecule has 3 unspecified atom stereocenters. The Hall–Kier alpha value is -0.730. The Morgan fingerprint density at radius 3 is 2.86 bits per heavy atom. The second-order valence-corrected chi connectivity index (χ2v) is 3.95. The highest BCUT2D eigenvalue weighted by Crippen LogP contribution is 2.22. The molecule has 1 aromatic heterocycles. The Morgan fingerprint density at radius 1 is 1.36 bits per heavy atom. The molecule has 0 saturated heterocycles. The predicted octanol–water partition coefficient (Wildman–Crippen LogP) is 1.19. The Kier molecular flexibility index (Phi) is 3.27. The van der Waals surface area contributed by atoms with Crippen LogP contribution in [0.2, 0.25) is 0 Å². The van der Waals surface area contributed by atoms with E-state index in [4.69, 9.17) is 0 Å². The van der Waals surface area contributed by atoms with Crippen molar-refractivity contribution in [3.8, 4) is 0 Å². The minimum absolute atomic E-state index is 0.544. The first kappa shape index (κ1) is 9.81. The van der Waals surface area contributed by atoms with Gasteiger partial charge in [0, 0.05) is 18.3 Å². The van der Waals surface area contributed by atoms with Crippen molar-refractivity contribution in [3.63, 3.8) is 0 Å². The summed E-state index contributed by atoms with van der Waals surface area (Å²) >= 11 is 0. The highest BCUT2D eigenvalue weighted by atomic mass is 31.0. The largest absolute Gasteiger partial charge is 0.367 e. The van der Waals surface area contributed by atoms with Gasteiger partial charge in [0.2, 0.25) is 0 Å². The van der Waals surface area contributed by atoms with Crippen LogP contribution >= 0.6 is 9.39 Å². The van der Waals surface area contributed by atoms with Crippen LogP contribution < -0.4 is 10.4 Å². The fraction of sp³-hybridized carbons (Fsp3) is 0.556. The number of anilines is 1. The highest BCUT2D eigenvalue weighted by molar-refractivity contribution is 7.13. The van der Waals surface area contributed by atoms with Crippen LogP contribution in [0.3, 0.4) is 0 Å². The summed E-state index contributed by atoms with van der Waals surface area (Å²) in [4.78, 5) is 8.03. The minimum Gasteiger partial charge on any atom is -0.367 e. The number of hydrogen-bond acceptors (Lipinski definition) is 4. The van der Waals surface area contributed by atoms with Crippen molar-refractivity contribution in [2.45, 2.75) is 31.3 Å². The lowest BCUT2D eigenvalue weighted by Gasteiger charge is -2.12. The van der Waals surface area contributed by atoms with E-state index in [2.05, 4.69) is 29.8 Å². The summed E-state index contributed by atoms with van der Waals surface area (Å²) in [5.74, 6) is 0.925. The number of nitrogens with zero attached hydrogens (tertiary/aromatic N) is 2. The summed E-state index contributed by atoms with van der Waals surface area (Å²) in [6.45, 7) is 0. The van der Waals surface area contributed by atoms with Crippen LogP contribution in [0.5, 0.6) is 0 Å².